The van der Waals surface area contributed by atoms with Gasteiger partial charge in [0, 0.05) is 17.0 Å². The SMILES string of the molecule is O=C(N[C@H]1CC[C@H]1c1ccc(Cl)cc1)c1ccoc1Br. The molecule has 1 amide bonds. The first kappa shape index (κ1) is 13.7. The summed E-state index contributed by atoms with van der Waals surface area (Å²) in [6.07, 6.45) is 3.57. The summed E-state index contributed by atoms with van der Waals surface area (Å²) in [5, 5.41) is 3.79. The average molecular weight is 355 g/mol. The molecule has 3 rings (SSSR count). The summed E-state index contributed by atoms with van der Waals surface area (Å²) in [6, 6.07) is 9.67. The summed E-state index contributed by atoms with van der Waals surface area (Å²) in [6.45, 7) is 0. The lowest BCUT2D eigenvalue weighted by Crippen LogP contribution is -2.45. The Morgan fingerprint density at radius 1 is 1.25 bits per heavy atom. The van der Waals surface area contributed by atoms with Crippen LogP contribution in [-0.4, -0.2) is 11.9 Å². The molecule has 1 aromatic carbocycles. The van der Waals surface area contributed by atoms with Crippen molar-refractivity contribution in [3.63, 3.8) is 0 Å². The summed E-state index contributed by atoms with van der Waals surface area (Å²) in [5.41, 5.74) is 1.75. The molecule has 1 N–H and O–H groups in total. The number of carbonyl (C=O) groups excluding carboxylic acids is 1. The van der Waals surface area contributed by atoms with E-state index < -0.39 is 0 Å². The standard InChI is InChI=1S/C15H13BrClNO2/c16-14-12(7-8-20-14)15(19)18-13-6-5-11(13)9-1-3-10(17)4-2-9/h1-4,7-8,11,13H,5-6H2,(H,18,19)/t11-,13-/m0/s1. The molecular weight excluding hydrogens is 342 g/mol. The second-order valence-corrected chi connectivity index (χ2v) is 6.08. The van der Waals surface area contributed by atoms with Gasteiger partial charge in [0.15, 0.2) is 4.67 Å². The maximum atomic E-state index is 12.1. The molecule has 2 aromatic rings. The molecular formula is C15H13BrClNO2. The number of carbonyl (C=O) groups is 1. The van der Waals surface area contributed by atoms with Crippen molar-refractivity contribution in [3.8, 4) is 0 Å². The fourth-order valence-electron chi connectivity index (χ4n) is 2.48. The number of amides is 1. The molecule has 5 heteroatoms. The van der Waals surface area contributed by atoms with E-state index in [4.69, 9.17) is 16.0 Å². The molecule has 1 aliphatic carbocycles. The first-order valence-electron chi connectivity index (χ1n) is 6.44. The second-order valence-electron chi connectivity index (χ2n) is 4.92. The van der Waals surface area contributed by atoms with E-state index >= 15 is 0 Å². The van der Waals surface area contributed by atoms with Crippen molar-refractivity contribution in [1.29, 1.82) is 0 Å². The van der Waals surface area contributed by atoms with Gasteiger partial charge in [0.05, 0.1) is 11.8 Å². The van der Waals surface area contributed by atoms with Crippen molar-refractivity contribution in [2.24, 2.45) is 0 Å². The zero-order valence-corrected chi connectivity index (χ0v) is 12.9. The van der Waals surface area contributed by atoms with Crippen LogP contribution in [0.15, 0.2) is 45.7 Å². The van der Waals surface area contributed by atoms with Gasteiger partial charge >= 0.3 is 0 Å². The van der Waals surface area contributed by atoms with Gasteiger partial charge in [-0.2, -0.15) is 0 Å². The maximum Gasteiger partial charge on any atom is 0.255 e. The predicted molar refractivity (Wildman–Crippen MR) is 81.1 cm³/mol. The van der Waals surface area contributed by atoms with E-state index in [0.29, 0.717) is 16.2 Å². The Labute approximate surface area is 130 Å². The lowest BCUT2D eigenvalue weighted by molar-refractivity contribution is 0.0903. The third kappa shape index (κ3) is 2.63. The Balaban J connectivity index is 1.68. The molecule has 0 spiro atoms. The van der Waals surface area contributed by atoms with E-state index in [0.717, 1.165) is 17.9 Å². The summed E-state index contributed by atoms with van der Waals surface area (Å²) in [4.78, 5) is 12.1. The van der Waals surface area contributed by atoms with Crippen LogP contribution < -0.4 is 5.32 Å². The molecule has 1 fully saturated rings. The monoisotopic (exact) mass is 353 g/mol. The van der Waals surface area contributed by atoms with Crippen LogP contribution in [-0.2, 0) is 0 Å². The van der Waals surface area contributed by atoms with Gasteiger partial charge in [0.25, 0.3) is 5.91 Å². The number of rotatable bonds is 3. The van der Waals surface area contributed by atoms with Gasteiger partial charge in [0.1, 0.15) is 0 Å². The highest BCUT2D eigenvalue weighted by atomic mass is 79.9. The van der Waals surface area contributed by atoms with Crippen molar-refractivity contribution in [2.75, 3.05) is 0 Å². The minimum atomic E-state index is -0.103. The maximum absolute atomic E-state index is 12.1. The molecule has 0 aliphatic heterocycles. The normalized spacial score (nSPS) is 21.3. The Morgan fingerprint density at radius 3 is 2.55 bits per heavy atom. The molecule has 0 bridgehead atoms. The smallest absolute Gasteiger partial charge is 0.255 e. The van der Waals surface area contributed by atoms with Crippen molar-refractivity contribution >= 4 is 33.4 Å². The Morgan fingerprint density at radius 2 is 2.00 bits per heavy atom. The average Bonchev–Trinajstić information content (AvgIpc) is 2.83. The van der Waals surface area contributed by atoms with E-state index in [-0.39, 0.29) is 11.9 Å². The Kier molecular flexibility index (Phi) is 3.85. The largest absolute Gasteiger partial charge is 0.457 e. The fourth-order valence-corrected chi connectivity index (χ4v) is 3.03. The van der Waals surface area contributed by atoms with E-state index in [1.54, 1.807) is 6.07 Å². The zero-order chi connectivity index (χ0) is 14.1. The minimum absolute atomic E-state index is 0.103. The molecule has 0 unspecified atom stereocenters. The van der Waals surface area contributed by atoms with E-state index in [1.165, 1.54) is 11.8 Å². The molecule has 1 heterocycles. The number of furan rings is 1. The number of halogens is 2. The number of nitrogens with one attached hydrogen (secondary N) is 1. The number of hydrogen-bond acceptors (Lipinski definition) is 2. The van der Waals surface area contributed by atoms with Crippen LogP contribution in [0, 0.1) is 0 Å². The summed E-state index contributed by atoms with van der Waals surface area (Å²) in [5.74, 6) is 0.260. The Bertz CT molecular complexity index is 623. The topological polar surface area (TPSA) is 42.2 Å². The van der Waals surface area contributed by atoms with Crippen LogP contribution in [0.2, 0.25) is 5.02 Å². The molecule has 1 aromatic heterocycles. The number of benzene rings is 1. The first-order valence-corrected chi connectivity index (χ1v) is 7.61. The molecule has 104 valence electrons. The number of hydrogen-bond donors (Lipinski definition) is 1. The second kappa shape index (κ2) is 5.62. The van der Waals surface area contributed by atoms with Crippen LogP contribution in [0.5, 0.6) is 0 Å². The summed E-state index contributed by atoms with van der Waals surface area (Å²) >= 11 is 9.12. The molecule has 2 atom stereocenters. The highest BCUT2D eigenvalue weighted by Crippen LogP contribution is 2.37. The van der Waals surface area contributed by atoms with Crippen molar-refractivity contribution in [1.82, 2.24) is 5.32 Å². The van der Waals surface area contributed by atoms with Gasteiger partial charge in [0.2, 0.25) is 0 Å². The van der Waals surface area contributed by atoms with Crippen LogP contribution in [0.3, 0.4) is 0 Å². The molecule has 3 nitrogen and oxygen atoms in total. The van der Waals surface area contributed by atoms with Crippen LogP contribution in [0.1, 0.15) is 34.7 Å². The Hall–Kier alpha value is -1.26. The highest BCUT2D eigenvalue weighted by Gasteiger charge is 2.33. The lowest BCUT2D eigenvalue weighted by Gasteiger charge is -2.37. The zero-order valence-electron chi connectivity index (χ0n) is 10.6. The lowest BCUT2D eigenvalue weighted by atomic mass is 9.75. The highest BCUT2D eigenvalue weighted by molar-refractivity contribution is 9.10. The molecule has 1 saturated carbocycles. The summed E-state index contributed by atoms with van der Waals surface area (Å²) in [7, 11) is 0. The van der Waals surface area contributed by atoms with Gasteiger partial charge in [-0.25, -0.2) is 0 Å². The van der Waals surface area contributed by atoms with Crippen LogP contribution >= 0.6 is 27.5 Å². The van der Waals surface area contributed by atoms with Gasteiger partial charge < -0.3 is 9.73 Å². The van der Waals surface area contributed by atoms with E-state index in [1.807, 2.05) is 24.3 Å². The van der Waals surface area contributed by atoms with Gasteiger partial charge in [-0.1, -0.05) is 23.7 Å². The van der Waals surface area contributed by atoms with Crippen molar-refractivity contribution in [3.05, 3.63) is 57.4 Å². The predicted octanol–water partition coefficient (Wildman–Crippen LogP) is 4.37. The molecule has 20 heavy (non-hydrogen) atoms. The van der Waals surface area contributed by atoms with Gasteiger partial charge in [-0.3, -0.25) is 4.79 Å². The molecule has 0 saturated heterocycles. The molecule has 0 radical (unpaired) electrons. The molecule has 1 aliphatic rings. The quantitative estimate of drug-likeness (QED) is 0.889. The third-order valence-corrected chi connectivity index (χ3v) is 4.62. The van der Waals surface area contributed by atoms with Gasteiger partial charge in [-0.15, -0.1) is 0 Å². The van der Waals surface area contributed by atoms with E-state index in [2.05, 4.69) is 21.2 Å². The van der Waals surface area contributed by atoms with E-state index in [9.17, 15) is 4.79 Å². The van der Waals surface area contributed by atoms with Crippen molar-refractivity contribution < 1.29 is 9.21 Å². The van der Waals surface area contributed by atoms with Crippen LogP contribution in [0.4, 0.5) is 0 Å². The third-order valence-electron chi connectivity index (χ3n) is 3.75. The van der Waals surface area contributed by atoms with Crippen LogP contribution in [0.25, 0.3) is 0 Å². The minimum Gasteiger partial charge on any atom is -0.457 e. The van der Waals surface area contributed by atoms with Gasteiger partial charge in [-0.05, 0) is 52.5 Å². The summed E-state index contributed by atoms with van der Waals surface area (Å²) < 4.78 is 5.55. The van der Waals surface area contributed by atoms with Crippen molar-refractivity contribution in [2.45, 2.75) is 24.8 Å². The first-order chi connectivity index (χ1) is 9.65. The fraction of sp³-hybridized carbons (Fsp3) is 0.267.